The smallest absolute Gasteiger partial charge is 0.418 e. The summed E-state index contributed by atoms with van der Waals surface area (Å²) in [4.78, 5) is 25.1. The summed E-state index contributed by atoms with van der Waals surface area (Å²) in [6.45, 7) is 0. The fourth-order valence-corrected chi connectivity index (χ4v) is 3.62. The van der Waals surface area contributed by atoms with E-state index in [4.69, 9.17) is 4.74 Å². The van der Waals surface area contributed by atoms with Gasteiger partial charge in [0.2, 0.25) is 0 Å². The molecular weight excluding hydrogens is 393 g/mol. The highest BCUT2D eigenvalue weighted by molar-refractivity contribution is 7.97. The Morgan fingerprint density at radius 2 is 2.07 bits per heavy atom. The van der Waals surface area contributed by atoms with Crippen molar-refractivity contribution in [2.24, 2.45) is 0 Å². The molecule has 3 heterocycles. The lowest BCUT2D eigenvalue weighted by Gasteiger charge is -2.17. The lowest BCUT2D eigenvalue weighted by Crippen LogP contribution is -2.41. The molecule has 4 rings (SSSR count). The topological polar surface area (TPSA) is 126 Å². The molecule has 0 bridgehead atoms. The van der Waals surface area contributed by atoms with Crippen LogP contribution in [-0.4, -0.2) is 49.9 Å². The monoisotopic (exact) mass is 413 g/mol. The number of carbonyl (C=O) groups is 1. The molecule has 0 aliphatic carbocycles. The van der Waals surface area contributed by atoms with Crippen molar-refractivity contribution in [3.63, 3.8) is 0 Å². The van der Waals surface area contributed by atoms with Gasteiger partial charge in [-0.15, -0.1) is 0 Å². The van der Waals surface area contributed by atoms with Gasteiger partial charge in [-0.05, 0) is 31.2 Å². The Morgan fingerprint density at radius 1 is 1.24 bits per heavy atom. The van der Waals surface area contributed by atoms with E-state index in [0.29, 0.717) is 35.5 Å². The summed E-state index contributed by atoms with van der Waals surface area (Å²) in [6, 6.07) is 8.38. The lowest BCUT2D eigenvalue weighted by molar-refractivity contribution is 0.0314. The summed E-state index contributed by atoms with van der Waals surface area (Å²) < 4.78 is 10.6. The molecule has 2 atom stereocenters. The normalized spacial score (nSPS) is 18.7. The summed E-state index contributed by atoms with van der Waals surface area (Å²) in [6.07, 6.45) is 5.94. The first-order valence-electron chi connectivity index (χ1n) is 9.08. The van der Waals surface area contributed by atoms with Crippen molar-refractivity contribution in [3.05, 3.63) is 43.0 Å². The predicted molar refractivity (Wildman–Crippen MR) is 112 cm³/mol. The summed E-state index contributed by atoms with van der Waals surface area (Å²) in [5, 5.41) is 15.5. The Labute approximate surface area is 171 Å². The number of ether oxygens (including phenoxy) is 1. The SMILES string of the molecule is CSNB(O)C1CCC(n2cnc3c(NC(=O)Nc4ccccc4)ncnc32)O1. The van der Waals surface area contributed by atoms with Crippen LogP contribution in [0.15, 0.2) is 43.0 Å². The molecule has 2 aromatic heterocycles. The van der Waals surface area contributed by atoms with Crippen LogP contribution in [0.3, 0.4) is 0 Å². The van der Waals surface area contributed by atoms with E-state index in [-0.39, 0.29) is 12.2 Å². The highest BCUT2D eigenvalue weighted by atomic mass is 32.2. The van der Waals surface area contributed by atoms with Crippen LogP contribution in [0.1, 0.15) is 19.1 Å². The number of imidazole rings is 1. The number of amides is 2. The van der Waals surface area contributed by atoms with E-state index in [1.165, 1.54) is 18.3 Å². The molecule has 3 aromatic rings. The van der Waals surface area contributed by atoms with Crippen LogP contribution in [0.4, 0.5) is 16.3 Å². The molecule has 0 radical (unpaired) electrons. The molecule has 0 saturated carbocycles. The minimum absolute atomic E-state index is 0.302. The third-order valence-corrected chi connectivity index (χ3v) is 5.03. The molecule has 2 amide bonds. The number of hydrogen-bond acceptors (Lipinski definition) is 8. The fourth-order valence-electron chi connectivity index (χ4n) is 3.22. The average molecular weight is 413 g/mol. The number of aromatic nitrogens is 4. The third-order valence-electron chi connectivity index (χ3n) is 4.55. The standard InChI is InChI=1S/C17H20BN7O3S/c1-29-24-18(27)12-7-8-13(28-12)25-10-21-14-15(19-9-20-16(14)25)23-17(26)22-11-5-3-2-4-6-11/h2-6,9-10,12-13,24,27H,7-8H2,1H3,(H2,19,20,22,23,26). The van der Waals surface area contributed by atoms with E-state index in [0.717, 1.165) is 0 Å². The minimum Gasteiger partial charge on any atom is -0.435 e. The summed E-state index contributed by atoms with van der Waals surface area (Å²) in [7, 11) is -0.752. The number of anilines is 2. The molecule has 4 N–H and O–H groups in total. The van der Waals surface area contributed by atoms with Gasteiger partial charge in [0, 0.05) is 5.69 Å². The highest BCUT2D eigenvalue weighted by Gasteiger charge is 2.36. The molecular formula is C17H20BN7O3S. The summed E-state index contributed by atoms with van der Waals surface area (Å²) in [5.41, 5.74) is 1.68. The zero-order chi connectivity index (χ0) is 20.2. The first kappa shape index (κ1) is 19.6. The number of hydrogen-bond donors (Lipinski definition) is 4. The van der Waals surface area contributed by atoms with Crippen LogP contribution in [0.2, 0.25) is 0 Å². The number of urea groups is 1. The molecule has 12 heteroatoms. The molecule has 1 saturated heterocycles. The van der Waals surface area contributed by atoms with Crippen molar-refractivity contribution in [1.82, 2.24) is 24.2 Å². The largest absolute Gasteiger partial charge is 0.435 e. The number of para-hydroxylation sites is 1. The quantitative estimate of drug-likeness (QED) is 0.357. The minimum atomic E-state index is -0.752. The van der Waals surface area contributed by atoms with Gasteiger partial charge in [-0.1, -0.05) is 30.1 Å². The van der Waals surface area contributed by atoms with Gasteiger partial charge in [0.25, 0.3) is 0 Å². The molecule has 1 fully saturated rings. The average Bonchev–Trinajstić information content (AvgIpc) is 3.36. The zero-order valence-corrected chi connectivity index (χ0v) is 16.5. The van der Waals surface area contributed by atoms with Gasteiger partial charge in [-0.2, -0.15) is 0 Å². The van der Waals surface area contributed by atoms with Gasteiger partial charge in [0.1, 0.15) is 12.6 Å². The van der Waals surface area contributed by atoms with Crippen LogP contribution in [0, 0.1) is 0 Å². The Balaban J connectivity index is 1.49. The maximum Gasteiger partial charge on any atom is 0.418 e. The maximum atomic E-state index is 12.3. The van der Waals surface area contributed by atoms with E-state index in [1.54, 1.807) is 23.0 Å². The van der Waals surface area contributed by atoms with E-state index in [2.05, 4.69) is 30.2 Å². The number of nitrogens with zero attached hydrogens (tertiary/aromatic N) is 4. The van der Waals surface area contributed by atoms with Crippen molar-refractivity contribution in [3.8, 4) is 0 Å². The van der Waals surface area contributed by atoms with E-state index >= 15 is 0 Å². The Kier molecular flexibility index (Phi) is 5.95. The maximum absolute atomic E-state index is 12.3. The van der Waals surface area contributed by atoms with Crippen molar-refractivity contribution >= 4 is 47.7 Å². The zero-order valence-electron chi connectivity index (χ0n) is 15.6. The van der Waals surface area contributed by atoms with Crippen LogP contribution < -0.4 is 15.3 Å². The second kappa shape index (κ2) is 8.78. The molecule has 1 aromatic carbocycles. The predicted octanol–water partition coefficient (Wildman–Crippen LogP) is 2.04. The molecule has 1 aliphatic rings. The van der Waals surface area contributed by atoms with E-state index in [9.17, 15) is 9.82 Å². The van der Waals surface area contributed by atoms with Crippen LogP contribution in [0.5, 0.6) is 0 Å². The number of rotatable bonds is 6. The molecule has 1 aliphatic heterocycles. The van der Waals surface area contributed by atoms with Gasteiger partial charge in [-0.3, -0.25) is 14.5 Å². The van der Waals surface area contributed by atoms with E-state index < -0.39 is 13.1 Å². The lowest BCUT2D eigenvalue weighted by atomic mass is 9.76. The van der Waals surface area contributed by atoms with Gasteiger partial charge >= 0.3 is 13.1 Å². The Morgan fingerprint density at radius 3 is 2.86 bits per heavy atom. The first-order valence-corrected chi connectivity index (χ1v) is 10.3. The molecule has 150 valence electrons. The first-order chi connectivity index (χ1) is 14.2. The van der Waals surface area contributed by atoms with Crippen molar-refractivity contribution in [2.45, 2.75) is 25.1 Å². The third kappa shape index (κ3) is 4.35. The second-order valence-corrected chi connectivity index (χ2v) is 7.11. The van der Waals surface area contributed by atoms with Gasteiger partial charge in [0.15, 0.2) is 17.0 Å². The second-order valence-electron chi connectivity index (χ2n) is 6.46. The van der Waals surface area contributed by atoms with E-state index in [1.807, 2.05) is 24.5 Å². The summed E-state index contributed by atoms with van der Waals surface area (Å²) >= 11 is 1.34. The van der Waals surface area contributed by atoms with Crippen molar-refractivity contribution in [1.29, 1.82) is 0 Å². The van der Waals surface area contributed by atoms with Crippen molar-refractivity contribution < 1.29 is 14.6 Å². The van der Waals surface area contributed by atoms with Crippen LogP contribution in [-0.2, 0) is 4.74 Å². The van der Waals surface area contributed by atoms with Crippen molar-refractivity contribution in [2.75, 3.05) is 16.9 Å². The van der Waals surface area contributed by atoms with Gasteiger partial charge in [-0.25, -0.2) is 19.7 Å². The number of carbonyl (C=O) groups excluding carboxylic acids is 1. The molecule has 29 heavy (non-hydrogen) atoms. The van der Waals surface area contributed by atoms with Crippen LogP contribution in [0.25, 0.3) is 11.2 Å². The number of fused-ring (bicyclic) bond motifs is 1. The Hall–Kier alpha value is -2.67. The molecule has 2 unspecified atom stereocenters. The molecule has 0 spiro atoms. The Bertz CT molecular complexity index is 990. The van der Waals surface area contributed by atoms with Gasteiger partial charge < -0.3 is 15.1 Å². The van der Waals surface area contributed by atoms with Gasteiger partial charge in [0.05, 0.1) is 12.3 Å². The fraction of sp³-hybridized carbons (Fsp3) is 0.294. The summed E-state index contributed by atoms with van der Waals surface area (Å²) in [5.74, 6) is 0.306. The molecule has 10 nitrogen and oxygen atoms in total. The van der Waals surface area contributed by atoms with Crippen LogP contribution >= 0.6 is 11.9 Å². The highest BCUT2D eigenvalue weighted by Crippen LogP contribution is 2.31. The number of benzene rings is 1. The number of nitrogens with one attached hydrogen (secondary N) is 3.